The molecule has 1 unspecified atom stereocenters. The molecule has 0 spiro atoms. The zero-order valence-corrected chi connectivity index (χ0v) is 12.6. The number of aromatic amines is 1. The molecule has 0 bridgehead atoms. The van der Waals surface area contributed by atoms with E-state index in [-0.39, 0.29) is 23.1 Å². The second kappa shape index (κ2) is 6.77. The Morgan fingerprint density at radius 3 is 2.74 bits per heavy atom. The fraction of sp³-hybridized carbons (Fsp3) is 0.286. The third kappa shape index (κ3) is 3.76. The molecule has 0 fully saturated rings. The normalized spacial score (nSPS) is 11.7. The molecule has 0 saturated heterocycles. The largest absolute Gasteiger partial charge is 0.348 e. The van der Waals surface area contributed by atoms with Gasteiger partial charge in [0.1, 0.15) is 0 Å². The van der Waals surface area contributed by atoms with Gasteiger partial charge in [-0.25, -0.2) is 0 Å². The Kier molecular flexibility index (Phi) is 4.79. The lowest BCUT2D eigenvalue weighted by atomic mass is 10.1. The molecule has 9 nitrogen and oxygen atoms in total. The van der Waals surface area contributed by atoms with E-state index in [9.17, 15) is 19.7 Å². The van der Waals surface area contributed by atoms with E-state index in [0.29, 0.717) is 12.0 Å². The summed E-state index contributed by atoms with van der Waals surface area (Å²) in [6, 6.07) is 5.17. The summed E-state index contributed by atoms with van der Waals surface area (Å²) in [5.74, 6) is -0.152. The van der Waals surface area contributed by atoms with Gasteiger partial charge in [-0.1, -0.05) is 19.1 Å². The van der Waals surface area contributed by atoms with Crippen LogP contribution in [0.4, 0.5) is 5.69 Å². The minimum atomic E-state index is -0.539. The lowest BCUT2D eigenvalue weighted by Crippen LogP contribution is -2.32. The summed E-state index contributed by atoms with van der Waals surface area (Å²) in [4.78, 5) is 36.1. The number of nitrogens with one attached hydrogen (secondary N) is 2. The molecular formula is C14H15N5O4. The molecule has 2 aromatic rings. The van der Waals surface area contributed by atoms with E-state index in [0.717, 1.165) is 0 Å². The predicted octanol–water partition coefficient (Wildman–Crippen LogP) is 1.33. The summed E-state index contributed by atoms with van der Waals surface area (Å²) in [6.07, 6.45) is 0.480. The zero-order chi connectivity index (χ0) is 17.0. The van der Waals surface area contributed by atoms with Crippen LogP contribution in [-0.2, 0) is 4.79 Å². The number of carbonyl (C=O) groups is 1. The number of benzene rings is 1. The summed E-state index contributed by atoms with van der Waals surface area (Å²) < 4.78 is 0. The van der Waals surface area contributed by atoms with Gasteiger partial charge in [0.05, 0.1) is 11.0 Å². The van der Waals surface area contributed by atoms with Crippen LogP contribution in [0.1, 0.15) is 32.0 Å². The molecule has 1 heterocycles. The number of nitro groups is 1. The van der Waals surface area contributed by atoms with Gasteiger partial charge in [-0.05, 0) is 6.42 Å². The van der Waals surface area contributed by atoms with Crippen LogP contribution < -0.4 is 10.9 Å². The first-order valence-corrected chi connectivity index (χ1v) is 6.91. The summed E-state index contributed by atoms with van der Waals surface area (Å²) >= 11 is 0. The summed E-state index contributed by atoms with van der Waals surface area (Å²) in [5, 5.41) is 21.2. The quantitative estimate of drug-likeness (QED) is 0.631. The van der Waals surface area contributed by atoms with Crippen molar-refractivity contribution in [2.45, 2.75) is 26.3 Å². The monoisotopic (exact) mass is 317 g/mol. The molecule has 1 amide bonds. The molecule has 1 aromatic carbocycles. The number of hydrogen-bond donors (Lipinski definition) is 2. The van der Waals surface area contributed by atoms with Crippen molar-refractivity contribution in [2.24, 2.45) is 0 Å². The van der Waals surface area contributed by atoms with E-state index in [4.69, 9.17) is 0 Å². The Bertz CT molecular complexity index is 802. The number of aromatic nitrogens is 3. The first-order chi connectivity index (χ1) is 10.9. The highest BCUT2D eigenvalue weighted by atomic mass is 16.6. The Labute approximate surface area is 130 Å². The van der Waals surface area contributed by atoms with Gasteiger partial charge in [0.2, 0.25) is 5.91 Å². The maximum atomic E-state index is 12.2. The van der Waals surface area contributed by atoms with Crippen LogP contribution in [0.15, 0.2) is 29.1 Å². The second-order valence-corrected chi connectivity index (χ2v) is 4.86. The van der Waals surface area contributed by atoms with Crippen molar-refractivity contribution in [2.75, 3.05) is 0 Å². The number of carbonyl (C=O) groups excluding carboxylic acids is 1. The van der Waals surface area contributed by atoms with E-state index in [1.165, 1.54) is 25.1 Å². The van der Waals surface area contributed by atoms with Crippen molar-refractivity contribution in [3.8, 4) is 11.4 Å². The third-order valence-electron chi connectivity index (χ3n) is 3.17. The number of non-ortho nitro benzene ring substituents is 1. The highest BCUT2D eigenvalue weighted by molar-refractivity contribution is 5.73. The maximum absolute atomic E-state index is 12.2. The summed E-state index contributed by atoms with van der Waals surface area (Å²) in [7, 11) is 0. The molecule has 23 heavy (non-hydrogen) atoms. The van der Waals surface area contributed by atoms with Crippen molar-refractivity contribution in [3.63, 3.8) is 0 Å². The van der Waals surface area contributed by atoms with Gasteiger partial charge in [-0.15, -0.1) is 10.2 Å². The van der Waals surface area contributed by atoms with Crippen LogP contribution >= 0.6 is 0 Å². The zero-order valence-electron chi connectivity index (χ0n) is 12.6. The smallest absolute Gasteiger partial charge is 0.275 e. The molecule has 9 heteroatoms. The Morgan fingerprint density at radius 1 is 1.43 bits per heavy atom. The average Bonchev–Trinajstić information content (AvgIpc) is 2.52. The van der Waals surface area contributed by atoms with E-state index < -0.39 is 16.5 Å². The third-order valence-corrected chi connectivity index (χ3v) is 3.17. The topological polar surface area (TPSA) is 131 Å². The SMILES string of the molecule is CCC(NC(C)=O)c1nnc(-c2cccc([N+](=O)[O-])c2)[nH]c1=O. The van der Waals surface area contributed by atoms with Crippen LogP contribution in [-0.4, -0.2) is 26.0 Å². The number of rotatable bonds is 5. The first-order valence-electron chi connectivity index (χ1n) is 6.91. The predicted molar refractivity (Wildman–Crippen MR) is 81.6 cm³/mol. The van der Waals surface area contributed by atoms with Crippen molar-refractivity contribution in [3.05, 3.63) is 50.4 Å². The number of nitro benzene ring substituents is 1. The van der Waals surface area contributed by atoms with Crippen molar-refractivity contribution in [1.82, 2.24) is 20.5 Å². The second-order valence-electron chi connectivity index (χ2n) is 4.86. The number of hydrogen-bond acceptors (Lipinski definition) is 6. The fourth-order valence-electron chi connectivity index (χ4n) is 2.08. The standard InChI is InChI=1S/C14H15N5O4/c1-3-11(15-8(2)20)12-14(21)16-13(18-17-12)9-5-4-6-10(7-9)19(22)23/h4-7,11H,3H2,1-2H3,(H,15,20)(H,16,18,21). The number of H-pyrrole nitrogens is 1. The van der Waals surface area contributed by atoms with E-state index >= 15 is 0 Å². The van der Waals surface area contributed by atoms with Gasteiger partial charge in [0.25, 0.3) is 11.2 Å². The van der Waals surface area contributed by atoms with Crippen LogP contribution in [0.2, 0.25) is 0 Å². The van der Waals surface area contributed by atoms with Gasteiger partial charge >= 0.3 is 0 Å². The lowest BCUT2D eigenvalue weighted by molar-refractivity contribution is -0.384. The molecule has 0 radical (unpaired) electrons. The Hall–Kier alpha value is -3.10. The average molecular weight is 317 g/mol. The summed E-state index contributed by atoms with van der Waals surface area (Å²) in [6.45, 7) is 3.15. The number of nitrogens with zero attached hydrogens (tertiary/aromatic N) is 3. The molecular weight excluding hydrogens is 302 g/mol. The highest BCUT2D eigenvalue weighted by Crippen LogP contribution is 2.20. The fourth-order valence-corrected chi connectivity index (χ4v) is 2.08. The van der Waals surface area contributed by atoms with Crippen LogP contribution in [0.3, 0.4) is 0 Å². The molecule has 0 aliphatic carbocycles. The van der Waals surface area contributed by atoms with Gasteiger partial charge in [-0.3, -0.25) is 19.7 Å². The Morgan fingerprint density at radius 2 is 2.17 bits per heavy atom. The van der Waals surface area contributed by atoms with Gasteiger partial charge < -0.3 is 10.3 Å². The minimum Gasteiger partial charge on any atom is -0.348 e. The molecule has 120 valence electrons. The van der Waals surface area contributed by atoms with E-state index in [1.807, 2.05) is 0 Å². The molecule has 0 aliphatic rings. The molecule has 1 aromatic heterocycles. The minimum absolute atomic E-state index is 0.0943. The van der Waals surface area contributed by atoms with Crippen molar-refractivity contribution in [1.29, 1.82) is 0 Å². The van der Waals surface area contributed by atoms with Crippen molar-refractivity contribution >= 4 is 11.6 Å². The summed E-state index contributed by atoms with van der Waals surface area (Å²) in [5.41, 5.74) is -0.138. The molecule has 0 saturated carbocycles. The van der Waals surface area contributed by atoms with E-state index in [1.54, 1.807) is 13.0 Å². The molecule has 0 aliphatic heterocycles. The van der Waals surface area contributed by atoms with Crippen molar-refractivity contribution < 1.29 is 9.72 Å². The van der Waals surface area contributed by atoms with Gasteiger partial charge in [0, 0.05) is 24.6 Å². The van der Waals surface area contributed by atoms with Gasteiger partial charge in [0.15, 0.2) is 11.5 Å². The molecule has 2 rings (SSSR count). The van der Waals surface area contributed by atoms with E-state index in [2.05, 4.69) is 20.5 Å². The number of amides is 1. The maximum Gasteiger partial charge on any atom is 0.275 e. The highest BCUT2D eigenvalue weighted by Gasteiger charge is 2.18. The lowest BCUT2D eigenvalue weighted by Gasteiger charge is -2.13. The van der Waals surface area contributed by atoms with Crippen LogP contribution in [0, 0.1) is 10.1 Å². The molecule has 1 atom stereocenters. The van der Waals surface area contributed by atoms with Crippen LogP contribution in [0.5, 0.6) is 0 Å². The Balaban J connectivity index is 2.39. The first kappa shape index (κ1) is 16.3. The molecule has 2 N–H and O–H groups in total. The van der Waals surface area contributed by atoms with Crippen LogP contribution in [0.25, 0.3) is 11.4 Å². The van der Waals surface area contributed by atoms with Gasteiger partial charge in [-0.2, -0.15) is 0 Å².